The van der Waals surface area contributed by atoms with E-state index in [1.807, 2.05) is 4.90 Å². The van der Waals surface area contributed by atoms with Gasteiger partial charge in [0.15, 0.2) is 0 Å². The van der Waals surface area contributed by atoms with Gasteiger partial charge in [-0.05, 0) is 20.8 Å². The summed E-state index contributed by atoms with van der Waals surface area (Å²) in [7, 11) is 0. The smallest absolute Gasteiger partial charge is 0.444 e. The van der Waals surface area contributed by atoms with E-state index in [1.165, 1.54) is 0 Å². The van der Waals surface area contributed by atoms with E-state index in [0.29, 0.717) is 26.2 Å². The number of carbonyl (C=O) groups is 2. The van der Waals surface area contributed by atoms with Crippen molar-refractivity contribution >= 4 is 12.0 Å². The number of rotatable bonds is 1. The summed E-state index contributed by atoms with van der Waals surface area (Å²) in [4.78, 5) is 27.4. The Kier molecular flexibility index (Phi) is 4.79. The number of ether oxygens (including phenoxy) is 1. The molecule has 0 radical (unpaired) electrons. The van der Waals surface area contributed by atoms with Gasteiger partial charge in [0.25, 0.3) is 0 Å². The molecule has 0 unspecified atom stereocenters. The first kappa shape index (κ1) is 17.8. The van der Waals surface area contributed by atoms with Crippen LogP contribution in [-0.4, -0.2) is 83.8 Å². The number of halogens is 3. The molecule has 132 valence electrons. The number of piperazine rings is 1. The molecule has 0 bridgehead atoms. The Balaban J connectivity index is 1.74. The highest BCUT2D eigenvalue weighted by atomic mass is 19.4. The van der Waals surface area contributed by atoms with E-state index in [-0.39, 0.29) is 25.2 Å². The second-order valence-corrected chi connectivity index (χ2v) is 6.87. The Labute approximate surface area is 133 Å². The Morgan fingerprint density at radius 2 is 1.48 bits per heavy atom. The first-order valence-electron chi connectivity index (χ1n) is 7.55. The topological polar surface area (TPSA) is 53.1 Å². The average Bonchev–Trinajstić information content (AvgIpc) is 2.34. The summed E-state index contributed by atoms with van der Waals surface area (Å²) >= 11 is 0. The third-order valence-electron chi connectivity index (χ3n) is 3.87. The fourth-order valence-corrected chi connectivity index (χ4v) is 2.63. The van der Waals surface area contributed by atoms with E-state index < -0.39 is 17.7 Å². The van der Waals surface area contributed by atoms with Crippen LogP contribution in [0.5, 0.6) is 0 Å². The Morgan fingerprint density at radius 1 is 0.957 bits per heavy atom. The van der Waals surface area contributed by atoms with Crippen molar-refractivity contribution in [2.45, 2.75) is 38.6 Å². The number of hydrogen-bond acceptors (Lipinski definition) is 4. The number of carbonyl (C=O) groups excluding carboxylic acids is 2. The molecule has 23 heavy (non-hydrogen) atoms. The fourth-order valence-electron chi connectivity index (χ4n) is 2.63. The molecule has 6 nitrogen and oxygen atoms in total. The maximum Gasteiger partial charge on any atom is 0.471 e. The lowest BCUT2D eigenvalue weighted by molar-refractivity contribution is -0.192. The summed E-state index contributed by atoms with van der Waals surface area (Å²) in [6.07, 6.45) is -5.18. The summed E-state index contributed by atoms with van der Waals surface area (Å²) < 4.78 is 42.2. The molecule has 0 aromatic carbocycles. The third kappa shape index (κ3) is 4.49. The Hall–Kier alpha value is -1.51. The molecule has 0 aromatic rings. The first-order chi connectivity index (χ1) is 10.5. The first-order valence-corrected chi connectivity index (χ1v) is 7.55. The number of nitrogens with zero attached hydrogens (tertiary/aromatic N) is 3. The number of amides is 2. The second kappa shape index (κ2) is 6.18. The van der Waals surface area contributed by atoms with Crippen LogP contribution in [0.4, 0.5) is 18.0 Å². The molecule has 0 atom stereocenters. The van der Waals surface area contributed by atoms with Gasteiger partial charge < -0.3 is 14.5 Å². The van der Waals surface area contributed by atoms with Crippen molar-refractivity contribution in [1.29, 1.82) is 0 Å². The molecule has 2 aliphatic rings. The van der Waals surface area contributed by atoms with Crippen molar-refractivity contribution in [3.8, 4) is 0 Å². The van der Waals surface area contributed by atoms with Gasteiger partial charge in [0.05, 0.1) is 0 Å². The predicted molar refractivity (Wildman–Crippen MR) is 75.8 cm³/mol. The van der Waals surface area contributed by atoms with E-state index in [9.17, 15) is 22.8 Å². The van der Waals surface area contributed by atoms with Gasteiger partial charge in [0, 0.05) is 45.3 Å². The lowest BCUT2D eigenvalue weighted by Crippen LogP contribution is -2.66. The van der Waals surface area contributed by atoms with E-state index >= 15 is 0 Å². The highest BCUT2D eigenvalue weighted by molar-refractivity contribution is 5.82. The summed E-state index contributed by atoms with van der Waals surface area (Å²) in [5.41, 5.74) is -0.555. The van der Waals surface area contributed by atoms with E-state index in [0.717, 1.165) is 4.90 Å². The minimum atomic E-state index is -4.81. The molecule has 9 heteroatoms. The largest absolute Gasteiger partial charge is 0.471 e. The van der Waals surface area contributed by atoms with Crippen LogP contribution in [0.3, 0.4) is 0 Å². The molecule has 0 saturated carbocycles. The molecule has 2 heterocycles. The quantitative estimate of drug-likeness (QED) is 0.724. The molecule has 2 rings (SSSR count). The van der Waals surface area contributed by atoms with Crippen molar-refractivity contribution in [2.24, 2.45) is 0 Å². The van der Waals surface area contributed by atoms with Gasteiger partial charge in [-0.1, -0.05) is 0 Å². The van der Waals surface area contributed by atoms with Gasteiger partial charge >= 0.3 is 18.2 Å². The fraction of sp³-hybridized carbons (Fsp3) is 0.857. The molecule has 2 aliphatic heterocycles. The Morgan fingerprint density at radius 3 is 1.91 bits per heavy atom. The lowest BCUT2D eigenvalue weighted by Gasteiger charge is -2.48. The van der Waals surface area contributed by atoms with Crippen LogP contribution < -0.4 is 0 Å². The lowest BCUT2D eigenvalue weighted by atomic mass is 10.1. The molecule has 0 aromatic heterocycles. The molecular weight excluding hydrogens is 315 g/mol. The number of alkyl halides is 3. The molecule has 2 amide bonds. The zero-order valence-electron chi connectivity index (χ0n) is 13.5. The van der Waals surface area contributed by atoms with E-state index in [2.05, 4.69) is 0 Å². The summed E-state index contributed by atoms with van der Waals surface area (Å²) in [5.74, 6) is -1.78. The molecule has 2 fully saturated rings. The van der Waals surface area contributed by atoms with Gasteiger partial charge in [-0.25, -0.2) is 4.79 Å². The van der Waals surface area contributed by atoms with Gasteiger partial charge in [-0.2, -0.15) is 13.2 Å². The standard InChI is InChI=1S/C14H22F3N3O3/c1-13(2,3)23-12(22)19-6-4-18(5-7-19)10-8-20(9-10)11(21)14(15,16)17/h10H,4-9H2,1-3H3. The third-order valence-corrected chi connectivity index (χ3v) is 3.87. The minimum absolute atomic E-state index is 0.0675. The minimum Gasteiger partial charge on any atom is -0.444 e. The van der Waals surface area contributed by atoms with Crippen molar-refractivity contribution in [2.75, 3.05) is 39.3 Å². The second-order valence-electron chi connectivity index (χ2n) is 6.87. The van der Waals surface area contributed by atoms with E-state index in [1.54, 1.807) is 25.7 Å². The van der Waals surface area contributed by atoms with Crippen molar-refractivity contribution in [1.82, 2.24) is 14.7 Å². The van der Waals surface area contributed by atoms with Gasteiger partial charge in [0.1, 0.15) is 5.60 Å². The monoisotopic (exact) mass is 337 g/mol. The zero-order chi connectivity index (χ0) is 17.4. The van der Waals surface area contributed by atoms with Crippen LogP contribution >= 0.6 is 0 Å². The molecule has 0 aliphatic carbocycles. The molecule has 2 saturated heterocycles. The molecule has 0 spiro atoms. The normalized spacial score (nSPS) is 21.1. The van der Waals surface area contributed by atoms with Crippen molar-refractivity contribution < 1.29 is 27.5 Å². The predicted octanol–water partition coefficient (Wildman–Crippen LogP) is 1.31. The van der Waals surface area contributed by atoms with Crippen LogP contribution in [0, 0.1) is 0 Å². The number of hydrogen-bond donors (Lipinski definition) is 0. The summed E-state index contributed by atoms with van der Waals surface area (Å²) in [6, 6.07) is -0.0675. The highest BCUT2D eigenvalue weighted by Crippen LogP contribution is 2.25. The maximum absolute atomic E-state index is 12.3. The Bertz CT molecular complexity index is 462. The molecular formula is C14H22F3N3O3. The van der Waals surface area contributed by atoms with Crippen molar-refractivity contribution in [3.05, 3.63) is 0 Å². The summed E-state index contributed by atoms with van der Waals surface area (Å²) in [5, 5.41) is 0. The van der Waals surface area contributed by atoms with Gasteiger partial charge in [0.2, 0.25) is 0 Å². The number of likely N-dealkylation sites (tertiary alicyclic amines) is 1. The van der Waals surface area contributed by atoms with E-state index in [4.69, 9.17) is 4.74 Å². The maximum atomic E-state index is 12.3. The van der Waals surface area contributed by atoms with Crippen LogP contribution in [-0.2, 0) is 9.53 Å². The van der Waals surface area contributed by atoms with Crippen LogP contribution in [0.25, 0.3) is 0 Å². The average molecular weight is 337 g/mol. The van der Waals surface area contributed by atoms with Crippen LogP contribution in [0.2, 0.25) is 0 Å². The van der Waals surface area contributed by atoms with Gasteiger partial charge in [-0.15, -0.1) is 0 Å². The molecule has 0 N–H and O–H groups in total. The van der Waals surface area contributed by atoms with Gasteiger partial charge in [-0.3, -0.25) is 9.69 Å². The van der Waals surface area contributed by atoms with Crippen LogP contribution in [0.15, 0.2) is 0 Å². The van der Waals surface area contributed by atoms with Crippen molar-refractivity contribution in [3.63, 3.8) is 0 Å². The highest BCUT2D eigenvalue weighted by Gasteiger charge is 2.47. The van der Waals surface area contributed by atoms with Crippen LogP contribution in [0.1, 0.15) is 20.8 Å². The summed E-state index contributed by atoms with van der Waals surface area (Å²) in [6.45, 7) is 7.63. The SMILES string of the molecule is CC(C)(C)OC(=O)N1CCN(C2CN(C(=O)C(F)(F)F)C2)CC1. The zero-order valence-corrected chi connectivity index (χ0v) is 13.5.